The van der Waals surface area contributed by atoms with Gasteiger partial charge in [0, 0.05) is 24.7 Å². The zero-order valence-electron chi connectivity index (χ0n) is 13.5. The number of fused-ring (bicyclic) bond motifs is 1. The number of likely N-dealkylation sites (tertiary alicyclic amines) is 1. The van der Waals surface area contributed by atoms with Gasteiger partial charge in [-0.05, 0) is 49.3 Å². The lowest BCUT2D eigenvalue weighted by Gasteiger charge is -2.21. The highest BCUT2D eigenvalue weighted by atomic mass is 16.5. The van der Waals surface area contributed by atoms with Gasteiger partial charge in [0.1, 0.15) is 0 Å². The van der Waals surface area contributed by atoms with Crippen molar-refractivity contribution >= 4 is 5.91 Å². The van der Waals surface area contributed by atoms with Gasteiger partial charge in [0.25, 0.3) is 5.91 Å². The first-order chi connectivity index (χ1) is 10.5. The number of carbonyl (C=O) groups excluding carboxylic acids is 1. The molecule has 0 radical (unpaired) electrons. The van der Waals surface area contributed by atoms with Gasteiger partial charge < -0.3 is 20.1 Å². The van der Waals surface area contributed by atoms with Crippen molar-refractivity contribution in [3.05, 3.63) is 23.3 Å². The van der Waals surface area contributed by atoms with Crippen LogP contribution in [0.1, 0.15) is 28.8 Å². The molecule has 1 aliphatic carbocycles. The average Bonchev–Trinajstić information content (AvgIpc) is 3.08. The predicted octanol–water partition coefficient (Wildman–Crippen LogP) is 1.82. The van der Waals surface area contributed by atoms with Gasteiger partial charge in [0.2, 0.25) is 0 Å². The van der Waals surface area contributed by atoms with Crippen molar-refractivity contribution in [1.29, 1.82) is 0 Å². The van der Waals surface area contributed by atoms with Crippen molar-refractivity contribution in [3.8, 4) is 11.5 Å². The van der Waals surface area contributed by atoms with Gasteiger partial charge in [-0.3, -0.25) is 4.79 Å². The topological polar surface area (TPSA) is 64.8 Å². The van der Waals surface area contributed by atoms with Gasteiger partial charge in [-0.1, -0.05) is 0 Å². The number of hydrogen-bond donors (Lipinski definition) is 1. The predicted molar refractivity (Wildman–Crippen MR) is 84.4 cm³/mol. The molecule has 5 heteroatoms. The lowest BCUT2D eigenvalue weighted by molar-refractivity contribution is 0.0778. The Morgan fingerprint density at radius 3 is 2.50 bits per heavy atom. The van der Waals surface area contributed by atoms with Crippen LogP contribution < -0.4 is 15.2 Å². The molecule has 1 aliphatic heterocycles. The summed E-state index contributed by atoms with van der Waals surface area (Å²) in [6, 6.07) is 3.88. The Morgan fingerprint density at radius 2 is 1.86 bits per heavy atom. The summed E-state index contributed by atoms with van der Waals surface area (Å²) in [6.45, 7) is 3.53. The third-order valence-corrected chi connectivity index (χ3v) is 5.16. The molecule has 1 aromatic carbocycles. The molecule has 2 fully saturated rings. The summed E-state index contributed by atoms with van der Waals surface area (Å²) < 4.78 is 10.6. The van der Waals surface area contributed by atoms with E-state index in [9.17, 15) is 4.79 Å². The Balaban J connectivity index is 1.84. The van der Waals surface area contributed by atoms with Crippen molar-refractivity contribution in [3.63, 3.8) is 0 Å². The van der Waals surface area contributed by atoms with Crippen LogP contribution in [0.2, 0.25) is 0 Å². The molecular weight excluding hydrogens is 280 g/mol. The van der Waals surface area contributed by atoms with Gasteiger partial charge in [-0.2, -0.15) is 0 Å². The molecule has 0 bridgehead atoms. The molecule has 1 heterocycles. The van der Waals surface area contributed by atoms with E-state index >= 15 is 0 Å². The summed E-state index contributed by atoms with van der Waals surface area (Å²) in [5, 5.41) is 0. The van der Waals surface area contributed by atoms with E-state index in [2.05, 4.69) is 0 Å². The fraction of sp³-hybridized carbons (Fsp3) is 0.588. The quantitative estimate of drug-likeness (QED) is 0.925. The van der Waals surface area contributed by atoms with Crippen LogP contribution in [0.3, 0.4) is 0 Å². The van der Waals surface area contributed by atoms with Crippen molar-refractivity contribution in [2.75, 3.05) is 27.3 Å². The number of aryl methyl sites for hydroxylation is 1. The summed E-state index contributed by atoms with van der Waals surface area (Å²) in [5.74, 6) is 2.34. The molecule has 2 aliphatic rings. The van der Waals surface area contributed by atoms with Gasteiger partial charge in [-0.15, -0.1) is 0 Å². The average molecular weight is 304 g/mol. The second-order valence-electron chi connectivity index (χ2n) is 6.40. The highest BCUT2D eigenvalue weighted by molar-refractivity contribution is 5.96. The maximum Gasteiger partial charge on any atom is 0.254 e. The third-order valence-electron chi connectivity index (χ3n) is 5.16. The van der Waals surface area contributed by atoms with Crippen molar-refractivity contribution in [2.24, 2.45) is 17.6 Å². The molecule has 0 aromatic heterocycles. The van der Waals surface area contributed by atoms with E-state index in [-0.39, 0.29) is 11.9 Å². The van der Waals surface area contributed by atoms with Gasteiger partial charge in [0.05, 0.1) is 14.2 Å². The Labute approximate surface area is 131 Å². The number of rotatable bonds is 3. The van der Waals surface area contributed by atoms with Crippen LogP contribution >= 0.6 is 0 Å². The molecule has 1 aromatic rings. The molecule has 120 valence electrons. The maximum atomic E-state index is 12.9. The molecule has 3 unspecified atom stereocenters. The summed E-state index contributed by atoms with van der Waals surface area (Å²) in [6.07, 6.45) is 2.23. The Morgan fingerprint density at radius 1 is 1.18 bits per heavy atom. The summed E-state index contributed by atoms with van der Waals surface area (Å²) in [4.78, 5) is 14.8. The van der Waals surface area contributed by atoms with Crippen LogP contribution in [0, 0.1) is 18.8 Å². The van der Waals surface area contributed by atoms with Crippen LogP contribution in [0.25, 0.3) is 0 Å². The monoisotopic (exact) mass is 304 g/mol. The van der Waals surface area contributed by atoms with Gasteiger partial charge >= 0.3 is 0 Å². The van der Waals surface area contributed by atoms with E-state index in [1.54, 1.807) is 20.3 Å². The minimum atomic E-state index is 0.0695. The lowest BCUT2D eigenvalue weighted by atomic mass is 9.98. The normalized spacial score (nSPS) is 26.9. The molecule has 22 heavy (non-hydrogen) atoms. The number of nitrogens with zero attached hydrogens (tertiary/aromatic N) is 1. The number of ether oxygens (including phenoxy) is 2. The number of benzene rings is 1. The van der Waals surface area contributed by atoms with Crippen LogP contribution in [0.4, 0.5) is 0 Å². The van der Waals surface area contributed by atoms with Gasteiger partial charge in [0.15, 0.2) is 11.5 Å². The Hall–Kier alpha value is -1.75. The molecule has 5 nitrogen and oxygen atoms in total. The van der Waals surface area contributed by atoms with Crippen LogP contribution in [-0.4, -0.2) is 44.2 Å². The number of amides is 1. The molecule has 0 spiro atoms. The summed E-state index contributed by atoms with van der Waals surface area (Å²) in [7, 11) is 3.18. The number of carbonyl (C=O) groups is 1. The first kappa shape index (κ1) is 15.2. The highest BCUT2D eigenvalue weighted by Gasteiger charge is 2.42. The molecule has 1 amide bonds. The largest absolute Gasteiger partial charge is 0.493 e. The standard InChI is InChI=1S/C17H24N2O3/c1-10-6-15(21-2)16(22-3)7-12(10)17(20)19-8-11-4-5-14(18)13(11)9-19/h6-7,11,13-14H,4-5,8-9,18H2,1-3H3. The van der Waals surface area contributed by atoms with Gasteiger partial charge in [-0.25, -0.2) is 0 Å². The molecule has 1 saturated heterocycles. The van der Waals surface area contributed by atoms with Crippen LogP contribution in [0.15, 0.2) is 12.1 Å². The van der Waals surface area contributed by atoms with E-state index in [0.29, 0.717) is 28.9 Å². The number of hydrogen-bond acceptors (Lipinski definition) is 4. The molecule has 3 rings (SSSR count). The molecule has 2 N–H and O–H groups in total. The Kier molecular flexibility index (Phi) is 4.00. The van der Waals surface area contributed by atoms with Crippen molar-refractivity contribution < 1.29 is 14.3 Å². The summed E-state index contributed by atoms with van der Waals surface area (Å²) >= 11 is 0. The van der Waals surface area contributed by atoms with E-state index in [0.717, 1.165) is 31.5 Å². The van der Waals surface area contributed by atoms with Crippen LogP contribution in [-0.2, 0) is 0 Å². The molecule has 1 saturated carbocycles. The lowest BCUT2D eigenvalue weighted by Crippen LogP contribution is -2.33. The number of methoxy groups -OCH3 is 2. The zero-order valence-corrected chi connectivity index (χ0v) is 13.5. The van der Waals surface area contributed by atoms with E-state index in [1.165, 1.54) is 0 Å². The smallest absolute Gasteiger partial charge is 0.254 e. The van der Waals surface area contributed by atoms with E-state index < -0.39 is 0 Å². The zero-order chi connectivity index (χ0) is 15.9. The van der Waals surface area contributed by atoms with Crippen molar-refractivity contribution in [2.45, 2.75) is 25.8 Å². The number of nitrogens with two attached hydrogens (primary N) is 1. The highest BCUT2D eigenvalue weighted by Crippen LogP contribution is 2.38. The van der Waals surface area contributed by atoms with E-state index in [4.69, 9.17) is 15.2 Å². The van der Waals surface area contributed by atoms with Crippen LogP contribution in [0.5, 0.6) is 11.5 Å². The Bertz CT molecular complexity index is 588. The summed E-state index contributed by atoms with van der Waals surface area (Å²) in [5.41, 5.74) is 7.75. The minimum absolute atomic E-state index is 0.0695. The fourth-order valence-corrected chi connectivity index (χ4v) is 3.85. The van der Waals surface area contributed by atoms with E-state index in [1.807, 2.05) is 17.9 Å². The van der Waals surface area contributed by atoms with Crippen molar-refractivity contribution in [1.82, 2.24) is 4.90 Å². The molecular formula is C17H24N2O3. The second-order valence-corrected chi connectivity index (χ2v) is 6.40. The minimum Gasteiger partial charge on any atom is -0.493 e. The second kappa shape index (κ2) is 5.80. The first-order valence-corrected chi connectivity index (χ1v) is 7.82. The first-order valence-electron chi connectivity index (χ1n) is 7.82. The SMILES string of the molecule is COc1cc(C)c(C(=O)N2CC3CCC(N)C3C2)cc1OC. The third kappa shape index (κ3) is 2.43. The maximum absolute atomic E-state index is 12.9. The molecule has 3 atom stereocenters. The fourth-order valence-electron chi connectivity index (χ4n) is 3.85.